The molecule has 1 aliphatic heterocycles. The zero-order chi connectivity index (χ0) is 26.5. The first-order chi connectivity index (χ1) is 17.5. The molecular formula is C26H25FIN5O3S. The van der Waals surface area contributed by atoms with Crippen LogP contribution in [-0.2, 0) is 24.4 Å². The topological polar surface area (TPSA) is 82.4 Å². The van der Waals surface area contributed by atoms with E-state index in [-0.39, 0.29) is 25.5 Å². The molecule has 2 aromatic heterocycles. The quantitative estimate of drug-likeness (QED) is 0.162. The van der Waals surface area contributed by atoms with Crippen LogP contribution in [0.3, 0.4) is 0 Å². The number of nitrogens with zero attached hydrogens (tertiary/aromatic N) is 5. The summed E-state index contributed by atoms with van der Waals surface area (Å²) >= 11 is 6.06. The number of benzene rings is 2. The van der Waals surface area contributed by atoms with Gasteiger partial charge in [-0.15, -0.1) is 12.6 Å². The average Bonchev–Trinajstić information content (AvgIpc) is 3.41. The highest BCUT2D eigenvalue weighted by Crippen LogP contribution is 2.35. The molecule has 37 heavy (non-hydrogen) atoms. The summed E-state index contributed by atoms with van der Waals surface area (Å²) in [4.78, 5) is 22.6. The van der Waals surface area contributed by atoms with Crippen LogP contribution in [0, 0.1) is 19.7 Å². The van der Waals surface area contributed by atoms with Crippen molar-refractivity contribution in [1.82, 2.24) is 24.6 Å². The first-order valence-corrected chi connectivity index (χ1v) is 13.0. The number of carbonyl (C=O) groups excluding carboxylic acids is 1. The van der Waals surface area contributed by atoms with E-state index in [0.29, 0.717) is 34.2 Å². The lowest BCUT2D eigenvalue weighted by Crippen LogP contribution is -2.32. The average molecular weight is 633 g/mol. The van der Waals surface area contributed by atoms with Crippen molar-refractivity contribution in [3.63, 3.8) is 0 Å². The molecule has 4 aromatic rings. The zero-order valence-electron chi connectivity index (χ0n) is 20.7. The monoisotopic (exact) mass is 633 g/mol. The number of fused-ring (bicyclic) bond motifs is 2. The third-order valence-electron chi connectivity index (χ3n) is 6.15. The van der Waals surface area contributed by atoms with Gasteiger partial charge in [-0.3, -0.25) is 9.58 Å². The first kappa shape index (κ1) is 25.7. The van der Waals surface area contributed by atoms with Crippen LogP contribution < -0.4 is 3.07 Å². The Hall–Kier alpha value is -2.93. The lowest BCUT2D eigenvalue weighted by atomic mass is 10.0. The number of ether oxygens (including phenoxy) is 1. The van der Waals surface area contributed by atoms with Gasteiger partial charge in [-0.05, 0) is 51.0 Å². The smallest absolute Gasteiger partial charge is 0.411 e. The Bertz CT molecular complexity index is 1510. The van der Waals surface area contributed by atoms with E-state index < -0.39 is 11.0 Å². The predicted octanol–water partition coefficient (Wildman–Crippen LogP) is 6.14. The maximum absolute atomic E-state index is 14.9. The van der Waals surface area contributed by atoms with Crippen molar-refractivity contribution in [2.24, 2.45) is 0 Å². The van der Waals surface area contributed by atoms with Crippen LogP contribution in [0.2, 0.25) is 0 Å². The van der Waals surface area contributed by atoms with Gasteiger partial charge in [0.05, 0.1) is 36.4 Å². The second kappa shape index (κ2) is 9.75. The maximum atomic E-state index is 14.9. The Balaban J connectivity index is 1.55. The lowest BCUT2D eigenvalue weighted by Gasteiger charge is -2.23. The van der Waals surface area contributed by atoms with Gasteiger partial charge in [-0.2, -0.15) is 10.1 Å². The first-order valence-electron chi connectivity index (χ1n) is 11.6. The highest BCUT2D eigenvalue weighted by molar-refractivity contribution is 14.1. The number of aromatic nitrogens is 4. The molecule has 11 heteroatoms. The number of halogens is 2. The van der Waals surface area contributed by atoms with Gasteiger partial charge in [0, 0.05) is 10.9 Å². The van der Waals surface area contributed by atoms with Gasteiger partial charge in [0.15, 0.2) is 33.8 Å². The molecule has 3 heterocycles. The van der Waals surface area contributed by atoms with Gasteiger partial charge in [0.1, 0.15) is 11.5 Å². The largest absolute Gasteiger partial charge is 0.433 e. The summed E-state index contributed by atoms with van der Waals surface area (Å²) in [5.74, 6) is 0.468. The molecule has 192 valence electrons. The minimum absolute atomic E-state index is 0.243. The van der Waals surface area contributed by atoms with Crippen LogP contribution in [0.5, 0.6) is 5.88 Å². The van der Waals surface area contributed by atoms with Crippen molar-refractivity contribution in [2.45, 2.75) is 52.3 Å². The lowest BCUT2D eigenvalue weighted by molar-refractivity contribution is 0.0620. The molecule has 8 nitrogen and oxygen atoms in total. The highest BCUT2D eigenvalue weighted by atomic mass is 127. The minimum Gasteiger partial charge on any atom is -0.433 e. The molecule has 0 spiro atoms. The minimum atomic E-state index is -0.910. The molecule has 0 atom stereocenters. The van der Waals surface area contributed by atoms with Crippen molar-refractivity contribution in [2.75, 3.05) is 0 Å². The Morgan fingerprint density at radius 2 is 1.95 bits per heavy atom. The third kappa shape index (κ3) is 5.11. The molecule has 0 N–H and O–H groups in total. The molecule has 1 aliphatic rings. The van der Waals surface area contributed by atoms with Crippen molar-refractivity contribution in [1.29, 1.82) is 0 Å². The van der Waals surface area contributed by atoms with Gasteiger partial charge in [0.25, 0.3) is 0 Å². The molecule has 2 aromatic carbocycles. The summed E-state index contributed by atoms with van der Waals surface area (Å²) in [5, 5.41) is 5.65. The fraction of sp³-hybridized carbons (Fsp3) is 0.308. The van der Waals surface area contributed by atoms with E-state index in [1.54, 1.807) is 41.5 Å². The standard InChI is InChI=1S/C26H25FIN5O3S/c1-14-9-15(2)17(19(27)10-14)12-33-21-8-6-5-7-16(21)22(31-33)23-29-20-13-32(25(34)35-26(3,4)37)11-18(20)24(30-23)36-28/h5-10,37H,11-13H2,1-4H3. The fourth-order valence-electron chi connectivity index (χ4n) is 4.51. The van der Waals surface area contributed by atoms with Gasteiger partial charge in [0.2, 0.25) is 5.88 Å². The van der Waals surface area contributed by atoms with Gasteiger partial charge >= 0.3 is 6.09 Å². The second-order valence-electron chi connectivity index (χ2n) is 9.59. The van der Waals surface area contributed by atoms with Crippen LogP contribution in [0.4, 0.5) is 9.18 Å². The molecule has 0 unspecified atom stereocenters. The Labute approximate surface area is 233 Å². The van der Waals surface area contributed by atoms with E-state index in [4.69, 9.17) is 17.9 Å². The number of thiol groups is 1. The maximum Gasteiger partial charge on any atom is 0.411 e. The Morgan fingerprint density at radius 1 is 1.19 bits per heavy atom. The summed E-state index contributed by atoms with van der Waals surface area (Å²) in [5.41, 5.74) is 5.08. The summed E-state index contributed by atoms with van der Waals surface area (Å²) < 4.78 is 27.6. The summed E-state index contributed by atoms with van der Waals surface area (Å²) in [7, 11) is 0. The molecule has 0 fully saturated rings. The third-order valence-corrected chi connectivity index (χ3v) is 6.66. The van der Waals surface area contributed by atoms with Crippen LogP contribution in [0.1, 0.15) is 41.8 Å². The van der Waals surface area contributed by atoms with E-state index in [0.717, 1.165) is 22.0 Å². The normalized spacial score (nSPS) is 13.2. The fourth-order valence-corrected chi connectivity index (χ4v) is 4.95. The van der Waals surface area contributed by atoms with Gasteiger partial charge in [-0.25, -0.2) is 14.2 Å². The molecule has 0 aliphatic carbocycles. The van der Waals surface area contributed by atoms with Crippen LogP contribution in [0.15, 0.2) is 36.4 Å². The number of aryl methyl sites for hydroxylation is 2. The summed E-state index contributed by atoms with van der Waals surface area (Å²) in [6, 6.07) is 11.2. The number of para-hydroxylation sites is 1. The number of hydrogen-bond donors (Lipinski definition) is 1. The van der Waals surface area contributed by atoms with E-state index >= 15 is 0 Å². The number of carbonyl (C=O) groups is 1. The van der Waals surface area contributed by atoms with Crippen LogP contribution in [0.25, 0.3) is 22.4 Å². The van der Waals surface area contributed by atoms with Crippen LogP contribution >= 0.6 is 35.6 Å². The summed E-state index contributed by atoms with van der Waals surface area (Å²) in [6.07, 6.45) is -0.496. The highest BCUT2D eigenvalue weighted by Gasteiger charge is 2.33. The van der Waals surface area contributed by atoms with Crippen LogP contribution in [-0.4, -0.2) is 35.7 Å². The Kier molecular flexibility index (Phi) is 6.77. The molecule has 0 saturated carbocycles. The molecular weight excluding hydrogens is 608 g/mol. The predicted molar refractivity (Wildman–Crippen MR) is 149 cm³/mol. The second-order valence-corrected chi connectivity index (χ2v) is 11.1. The van der Waals surface area contributed by atoms with E-state index in [1.807, 2.05) is 44.2 Å². The van der Waals surface area contributed by atoms with E-state index in [2.05, 4.69) is 17.6 Å². The van der Waals surface area contributed by atoms with E-state index in [9.17, 15) is 9.18 Å². The molecule has 1 amide bonds. The van der Waals surface area contributed by atoms with Gasteiger partial charge < -0.3 is 7.80 Å². The molecule has 0 bridgehead atoms. The molecule has 5 rings (SSSR count). The zero-order valence-corrected chi connectivity index (χ0v) is 23.8. The number of rotatable bonds is 5. The van der Waals surface area contributed by atoms with Gasteiger partial charge in [-0.1, -0.05) is 24.3 Å². The van der Waals surface area contributed by atoms with Crippen molar-refractivity contribution < 1.29 is 17.0 Å². The molecule has 0 radical (unpaired) electrons. The molecule has 0 saturated heterocycles. The number of hydrogen-bond acceptors (Lipinski definition) is 7. The van der Waals surface area contributed by atoms with Crippen molar-refractivity contribution >= 4 is 52.6 Å². The number of amides is 1. The van der Waals surface area contributed by atoms with Crippen molar-refractivity contribution in [3.8, 4) is 17.4 Å². The van der Waals surface area contributed by atoms with E-state index in [1.165, 1.54) is 11.0 Å². The summed E-state index contributed by atoms with van der Waals surface area (Å²) in [6.45, 7) is 7.93. The van der Waals surface area contributed by atoms with Crippen molar-refractivity contribution in [3.05, 3.63) is 70.2 Å². The Morgan fingerprint density at radius 3 is 2.65 bits per heavy atom. The SMILES string of the molecule is Cc1cc(C)c(Cn2nc(-c3nc4c(c(OI)n3)CN(C(=O)OC(C)(C)S)C4)c3ccccc32)c(F)c1.